The van der Waals surface area contributed by atoms with Gasteiger partial charge in [0.05, 0.1) is 0 Å². The molecule has 5 heteroatoms. The maximum atomic E-state index is 12.0. The van der Waals surface area contributed by atoms with Crippen molar-refractivity contribution in [1.82, 2.24) is 4.90 Å². The Balaban J connectivity index is 1.91. The molecule has 2 amide bonds. The molecule has 1 aromatic rings. The van der Waals surface area contributed by atoms with E-state index in [1.54, 1.807) is 23.1 Å². The lowest BCUT2D eigenvalue weighted by Crippen LogP contribution is -2.37. The van der Waals surface area contributed by atoms with Gasteiger partial charge in [-0.15, -0.1) is 0 Å². The summed E-state index contributed by atoms with van der Waals surface area (Å²) >= 11 is 6.00. The normalized spacial score (nSPS) is 15.0. The van der Waals surface area contributed by atoms with Gasteiger partial charge in [0, 0.05) is 23.8 Å². The van der Waals surface area contributed by atoms with E-state index in [9.17, 15) is 9.59 Å². The lowest BCUT2D eigenvalue weighted by Gasteiger charge is -2.26. The third-order valence-electron chi connectivity index (χ3n) is 3.56. The first kappa shape index (κ1) is 14.9. The van der Waals surface area contributed by atoms with Crippen LogP contribution < -0.4 is 5.32 Å². The van der Waals surface area contributed by atoms with E-state index in [4.69, 9.17) is 11.6 Å². The lowest BCUT2D eigenvalue weighted by atomic mass is 10.1. The Hall–Kier alpha value is -1.55. The number of carbonyl (C=O) groups excluding carboxylic acids is 2. The molecule has 0 atom stereocenters. The number of nitrogens with one attached hydrogen (secondary N) is 1. The van der Waals surface area contributed by atoms with Gasteiger partial charge < -0.3 is 10.2 Å². The number of hydrogen-bond donors (Lipinski definition) is 1. The van der Waals surface area contributed by atoms with Gasteiger partial charge in [0.25, 0.3) is 0 Å². The molecule has 1 N–H and O–H groups in total. The van der Waals surface area contributed by atoms with E-state index in [1.807, 2.05) is 6.92 Å². The van der Waals surface area contributed by atoms with Crippen LogP contribution in [-0.4, -0.2) is 29.8 Å². The van der Waals surface area contributed by atoms with Crippen LogP contribution in [0, 0.1) is 6.92 Å². The number of hydrogen-bond acceptors (Lipinski definition) is 2. The zero-order valence-electron chi connectivity index (χ0n) is 11.6. The summed E-state index contributed by atoms with van der Waals surface area (Å²) in [5.41, 5.74) is 1.47. The average Bonchev–Trinajstić information content (AvgIpc) is 2.45. The molecule has 108 valence electrons. The third-order valence-corrected chi connectivity index (χ3v) is 3.97. The molecule has 4 nitrogen and oxygen atoms in total. The van der Waals surface area contributed by atoms with Gasteiger partial charge in [-0.25, -0.2) is 0 Å². The first-order valence-corrected chi connectivity index (χ1v) is 7.28. The van der Waals surface area contributed by atoms with Crippen molar-refractivity contribution in [3.05, 3.63) is 28.8 Å². The van der Waals surface area contributed by atoms with Crippen LogP contribution in [0.15, 0.2) is 18.2 Å². The third kappa shape index (κ3) is 3.73. The largest absolute Gasteiger partial charge is 0.342 e. The Morgan fingerprint density at radius 2 is 1.95 bits per heavy atom. The highest BCUT2D eigenvalue weighted by Crippen LogP contribution is 2.23. The fourth-order valence-corrected chi connectivity index (χ4v) is 2.50. The summed E-state index contributed by atoms with van der Waals surface area (Å²) in [6.07, 6.45) is 3.12. The Labute approximate surface area is 124 Å². The Morgan fingerprint density at radius 1 is 1.25 bits per heavy atom. The summed E-state index contributed by atoms with van der Waals surface area (Å²) in [4.78, 5) is 25.7. The van der Waals surface area contributed by atoms with Gasteiger partial charge in [-0.05, 0) is 43.9 Å². The number of halogens is 1. The van der Waals surface area contributed by atoms with Crippen LogP contribution in [0.3, 0.4) is 0 Å². The van der Waals surface area contributed by atoms with Crippen molar-refractivity contribution in [3.8, 4) is 0 Å². The molecule has 1 aliphatic rings. The number of nitrogens with zero attached hydrogens (tertiary/aromatic N) is 1. The SMILES string of the molecule is Cc1c(Cl)cccc1NC(=O)CC(=O)N1CCCCC1. The standard InChI is InChI=1S/C15H19ClN2O2/c1-11-12(16)6-5-7-13(11)17-14(19)10-15(20)18-8-3-2-4-9-18/h5-7H,2-4,8-10H2,1H3,(H,17,19). The van der Waals surface area contributed by atoms with E-state index in [0.29, 0.717) is 10.7 Å². The van der Waals surface area contributed by atoms with E-state index >= 15 is 0 Å². The minimum Gasteiger partial charge on any atom is -0.342 e. The van der Waals surface area contributed by atoms with E-state index in [-0.39, 0.29) is 18.2 Å². The fraction of sp³-hybridized carbons (Fsp3) is 0.467. The molecule has 1 fully saturated rings. The molecule has 0 aromatic heterocycles. The highest BCUT2D eigenvalue weighted by Gasteiger charge is 2.19. The van der Waals surface area contributed by atoms with Crippen molar-refractivity contribution in [3.63, 3.8) is 0 Å². The van der Waals surface area contributed by atoms with E-state index in [2.05, 4.69) is 5.32 Å². The molecule has 0 aliphatic carbocycles. The first-order chi connectivity index (χ1) is 9.58. The van der Waals surface area contributed by atoms with Crippen molar-refractivity contribution in [1.29, 1.82) is 0 Å². The van der Waals surface area contributed by atoms with Crippen LogP contribution in [0.4, 0.5) is 5.69 Å². The molecule has 1 heterocycles. The predicted octanol–water partition coefficient (Wildman–Crippen LogP) is 2.99. The molecule has 20 heavy (non-hydrogen) atoms. The first-order valence-electron chi connectivity index (χ1n) is 6.90. The zero-order chi connectivity index (χ0) is 14.5. The van der Waals surface area contributed by atoms with Gasteiger partial charge in [-0.1, -0.05) is 17.7 Å². The van der Waals surface area contributed by atoms with Crippen LogP contribution in [0.25, 0.3) is 0 Å². The number of anilines is 1. The highest BCUT2D eigenvalue weighted by molar-refractivity contribution is 6.31. The molecule has 0 bridgehead atoms. The van der Waals surface area contributed by atoms with Crippen molar-refractivity contribution < 1.29 is 9.59 Å². The number of amides is 2. The maximum absolute atomic E-state index is 12.0. The Morgan fingerprint density at radius 3 is 2.65 bits per heavy atom. The van der Waals surface area contributed by atoms with Gasteiger partial charge >= 0.3 is 0 Å². The van der Waals surface area contributed by atoms with Gasteiger partial charge in [0.2, 0.25) is 11.8 Å². The number of carbonyl (C=O) groups is 2. The molecule has 0 saturated carbocycles. The number of benzene rings is 1. The number of piperidine rings is 1. The second kappa shape index (κ2) is 6.75. The molecular formula is C15H19ClN2O2. The Bertz CT molecular complexity index is 511. The second-order valence-electron chi connectivity index (χ2n) is 5.08. The van der Waals surface area contributed by atoms with Crippen LogP contribution in [0.1, 0.15) is 31.2 Å². The molecule has 1 aromatic carbocycles. The van der Waals surface area contributed by atoms with Crippen LogP contribution in [0.5, 0.6) is 0 Å². The summed E-state index contributed by atoms with van der Waals surface area (Å²) in [5.74, 6) is -0.382. The summed E-state index contributed by atoms with van der Waals surface area (Å²) in [7, 11) is 0. The van der Waals surface area contributed by atoms with Crippen LogP contribution >= 0.6 is 11.6 Å². The van der Waals surface area contributed by atoms with Gasteiger partial charge in [-0.3, -0.25) is 9.59 Å². The molecule has 1 saturated heterocycles. The maximum Gasteiger partial charge on any atom is 0.233 e. The zero-order valence-corrected chi connectivity index (χ0v) is 12.4. The minimum atomic E-state index is -0.286. The summed E-state index contributed by atoms with van der Waals surface area (Å²) in [6, 6.07) is 5.33. The van der Waals surface area contributed by atoms with Gasteiger partial charge in [-0.2, -0.15) is 0 Å². The quantitative estimate of drug-likeness (QED) is 0.871. The summed E-state index contributed by atoms with van der Waals surface area (Å²) in [6.45, 7) is 3.37. The number of likely N-dealkylation sites (tertiary alicyclic amines) is 1. The molecule has 1 aliphatic heterocycles. The number of rotatable bonds is 3. The van der Waals surface area contributed by atoms with Crippen molar-refractivity contribution in [2.24, 2.45) is 0 Å². The van der Waals surface area contributed by atoms with E-state index < -0.39 is 0 Å². The van der Waals surface area contributed by atoms with Gasteiger partial charge in [0.15, 0.2) is 0 Å². The average molecular weight is 295 g/mol. The highest BCUT2D eigenvalue weighted by atomic mass is 35.5. The van der Waals surface area contributed by atoms with E-state index in [0.717, 1.165) is 37.9 Å². The molecule has 0 unspecified atom stereocenters. The lowest BCUT2D eigenvalue weighted by molar-refractivity contribution is -0.135. The van der Waals surface area contributed by atoms with Crippen LogP contribution in [-0.2, 0) is 9.59 Å². The molecule has 0 spiro atoms. The van der Waals surface area contributed by atoms with Crippen molar-refractivity contribution >= 4 is 29.1 Å². The topological polar surface area (TPSA) is 49.4 Å². The molecular weight excluding hydrogens is 276 g/mol. The monoisotopic (exact) mass is 294 g/mol. The summed E-state index contributed by atoms with van der Waals surface area (Å²) in [5, 5.41) is 3.35. The minimum absolute atomic E-state index is 0.0955. The summed E-state index contributed by atoms with van der Waals surface area (Å²) < 4.78 is 0. The smallest absolute Gasteiger partial charge is 0.233 e. The fourth-order valence-electron chi connectivity index (χ4n) is 2.33. The Kier molecular flexibility index (Phi) is 5.01. The molecule has 0 radical (unpaired) electrons. The van der Waals surface area contributed by atoms with Crippen molar-refractivity contribution in [2.75, 3.05) is 18.4 Å². The van der Waals surface area contributed by atoms with Gasteiger partial charge in [0.1, 0.15) is 6.42 Å². The molecule has 2 rings (SSSR count). The van der Waals surface area contributed by atoms with Crippen LogP contribution in [0.2, 0.25) is 5.02 Å². The van der Waals surface area contributed by atoms with Crippen molar-refractivity contribution in [2.45, 2.75) is 32.6 Å². The van der Waals surface area contributed by atoms with E-state index in [1.165, 1.54) is 0 Å². The predicted molar refractivity (Wildman–Crippen MR) is 79.9 cm³/mol. The second-order valence-corrected chi connectivity index (χ2v) is 5.49.